The Hall–Kier alpha value is -2.30. The SMILES string of the molecule is CC(=O)c1c(C)[nH]c(C(=O)N(C)Cc2ccc([C@@H]3C[C@H]3C)o2)c1C. The minimum atomic E-state index is -0.138. The summed E-state index contributed by atoms with van der Waals surface area (Å²) in [5, 5.41) is 0. The molecule has 1 aliphatic rings. The lowest BCUT2D eigenvalue weighted by molar-refractivity contribution is 0.0769. The summed E-state index contributed by atoms with van der Waals surface area (Å²) in [5.41, 5.74) is 2.53. The number of ketones is 1. The third-order valence-electron chi connectivity index (χ3n) is 4.90. The number of amides is 1. The highest BCUT2D eigenvalue weighted by Crippen LogP contribution is 2.47. The van der Waals surface area contributed by atoms with Crippen molar-refractivity contribution in [2.75, 3.05) is 7.05 Å². The number of Topliss-reactive ketones (excluding diaryl/α,β-unsaturated/α-hetero) is 1. The highest BCUT2D eigenvalue weighted by atomic mass is 16.3. The van der Waals surface area contributed by atoms with E-state index >= 15 is 0 Å². The minimum Gasteiger partial charge on any atom is -0.464 e. The van der Waals surface area contributed by atoms with Crippen LogP contribution in [0.25, 0.3) is 0 Å². The number of aromatic nitrogens is 1. The monoisotopic (exact) mass is 328 g/mol. The number of hydrogen-bond donors (Lipinski definition) is 1. The molecule has 5 nitrogen and oxygen atoms in total. The molecular weight excluding hydrogens is 304 g/mol. The molecule has 2 heterocycles. The zero-order valence-electron chi connectivity index (χ0n) is 14.9. The van der Waals surface area contributed by atoms with Gasteiger partial charge in [0, 0.05) is 24.2 Å². The van der Waals surface area contributed by atoms with Gasteiger partial charge in [-0.1, -0.05) is 6.92 Å². The van der Waals surface area contributed by atoms with E-state index in [0.717, 1.165) is 17.2 Å². The predicted octanol–water partition coefficient (Wildman–Crippen LogP) is 3.82. The summed E-state index contributed by atoms with van der Waals surface area (Å²) < 4.78 is 5.87. The number of nitrogens with one attached hydrogen (secondary N) is 1. The van der Waals surface area contributed by atoms with Crippen LogP contribution in [0, 0.1) is 19.8 Å². The van der Waals surface area contributed by atoms with Gasteiger partial charge in [-0.05, 0) is 50.8 Å². The second-order valence-corrected chi connectivity index (χ2v) is 6.97. The van der Waals surface area contributed by atoms with E-state index in [1.54, 1.807) is 18.9 Å². The van der Waals surface area contributed by atoms with Crippen LogP contribution in [0.4, 0.5) is 0 Å². The van der Waals surface area contributed by atoms with Crippen molar-refractivity contribution >= 4 is 11.7 Å². The van der Waals surface area contributed by atoms with E-state index in [1.807, 2.05) is 19.1 Å². The van der Waals surface area contributed by atoms with Gasteiger partial charge in [-0.25, -0.2) is 0 Å². The highest BCUT2D eigenvalue weighted by Gasteiger charge is 2.36. The maximum absolute atomic E-state index is 12.7. The quantitative estimate of drug-likeness (QED) is 0.848. The summed E-state index contributed by atoms with van der Waals surface area (Å²) in [7, 11) is 1.74. The lowest BCUT2D eigenvalue weighted by Gasteiger charge is -2.15. The number of nitrogens with zero attached hydrogens (tertiary/aromatic N) is 1. The summed E-state index contributed by atoms with van der Waals surface area (Å²) >= 11 is 0. The van der Waals surface area contributed by atoms with Gasteiger partial charge in [0.25, 0.3) is 5.91 Å². The van der Waals surface area contributed by atoms with Crippen LogP contribution in [0.5, 0.6) is 0 Å². The Labute approximate surface area is 142 Å². The van der Waals surface area contributed by atoms with Crippen LogP contribution in [0.3, 0.4) is 0 Å². The molecule has 1 fully saturated rings. The van der Waals surface area contributed by atoms with Gasteiger partial charge in [-0.3, -0.25) is 9.59 Å². The van der Waals surface area contributed by atoms with E-state index < -0.39 is 0 Å². The normalized spacial score (nSPS) is 19.4. The van der Waals surface area contributed by atoms with Crippen LogP contribution in [0.2, 0.25) is 0 Å². The fraction of sp³-hybridized carbons (Fsp3) is 0.474. The Bertz CT molecular complexity index is 800. The highest BCUT2D eigenvalue weighted by molar-refractivity contribution is 6.02. The Morgan fingerprint density at radius 3 is 2.54 bits per heavy atom. The van der Waals surface area contributed by atoms with E-state index in [-0.39, 0.29) is 11.7 Å². The van der Waals surface area contributed by atoms with E-state index in [1.165, 1.54) is 13.3 Å². The average Bonchev–Trinajstić information content (AvgIpc) is 2.93. The predicted molar refractivity (Wildman–Crippen MR) is 91.3 cm³/mol. The number of carbonyl (C=O) groups is 2. The molecule has 2 aromatic rings. The Morgan fingerprint density at radius 1 is 1.33 bits per heavy atom. The molecule has 24 heavy (non-hydrogen) atoms. The van der Waals surface area contributed by atoms with Crippen LogP contribution < -0.4 is 0 Å². The van der Waals surface area contributed by atoms with Crippen molar-refractivity contribution in [2.24, 2.45) is 5.92 Å². The Kier molecular flexibility index (Phi) is 4.11. The van der Waals surface area contributed by atoms with E-state index in [2.05, 4.69) is 11.9 Å². The largest absolute Gasteiger partial charge is 0.464 e. The van der Waals surface area contributed by atoms with Crippen molar-refractivity contribution < 1.29 is 14.0 Å². The second kappa shape index (κ2) is 5.96. The van der Waals surface area contributed by atoms with Crippen LogP contribution in [0.1, 0.15) is 69.8 Å². The first-order valence-electron chi connectivity index (χ1n) is 8.33. The summed E-state index contributed by atoms with van der Waals surface area (Å²) in [6.45, 7) is 7.76. The molecule has 1 N–H and O–H groups in total. The van der Waals surface area contributed by atoms with Gasteiger partial charge in [-0.2, -0.15) is 0 Å². The van der Waals surface area contributed by atoms with Crippen LogP contribution >= 0.6 is 0 Å². The molecule has 0 bridgehead atoms. The lowest BCUT2D eigenvalue weighted by atomic mass is 10.1. The smallest absolute Gasteiger partial charge is 0.270 e. The van der Waals surface area contributed by atoms with Crippen molar-refractivity contribution in [3.63, 3.8) is 0 Å². The average molecular weight is 328 g/mol. The van der Waals surface area contributed by atoms with Crippen molar-refractivity contribution in [3.8, 4) is 0 Å². The molecule has 1 amide bonds. The number of carbonyl (C=O) groups excluding carboxylic acids is 2. The number of aromatic amines is 1. The zero-order chi connectivity index (χ0) is 17.6. The first-order chi connectivity index (χ1) is 11.3. The standard InChI is InChI=1S/C19H24N2O3/c1-10-8-15(10)16-7-6-14(24-16)9-21(5)19(23)18-11(2)17(13(4)22)12(3)20-18/h6-7,10,15,20H,8-9H2,1-5H3/t10-,15-/m1/s1. The molecule has 0 aromatic carbocycles. The summed E-state index contributed by atoms with van der Waals surface area (Å²) in [6, 6.07) is 3.96. The topological polar surface area (TPSA) is 66.3 Å². The molecule has 1 saturated carbocycles. The Morgan fingerprint density at radius 2 is 2.00 bits per heavy atom. The number of H-pyrrole nitrogens is 1. The molecule has 0 radical (unpaired) electrons. The summed E-state index contributed by atoms with van der Waals surface area (Å²) in [4.78, 5) is 29.1. The molecule has 128 valence electrons. The van der Waals surface area contributed by atoms with Crippen LogP contribution in [-0.2, 0) is 6.54 Å². The van der Waals surface area contributed by atoms with Crippen molar-refractivity contribution in [3.05, 3.63) is 46.2 Å². The molecule has 0 aliphatic heterocycles. The third-order valence-corrected chi connectivity index (χ3v) is 4.90. The van der Waals surface area contributed by atoms with E-state index in [0.29, 0.717) is 35.2 Å². The number of aryl methyl sites for hydroxylation is 1. The van der Waals surface area contributed by atoms with Gasteiger partial charge in [0.05, 0.1) is 6.54 Å². The molecular formula is C19H24N2O3. The lowest BCUT2D eigenvalue weighted by Crippen LogP contribution is -2.27. The number of hydrogen-bond acceptors (Lipinski definition) is 3. The molecule has 0 saturated heterocycles. The maximum atomic E-state index is 12.7. The first-order valence-corrected chi connectivity index (χ1v) is 8.33. The first kappa shape index (κ1) is 16.6. The summed E-state index contributed by atoms with van der Waals surface area (Å²) in [5.74, 6) is 2.86. The molecule has 1 aliphatic carbocycles. The molecule has 5 heteroatoms. The van der Waals surface area contributed by atoms with E-state index in [4.69, 9.17) is 4.42 Å². The second-order valence-electron chi connectivity index (χ2n) is 6.97. The maximum Gasteiger partial charge on any atom is 0.270 e. The van der Waals surface area contributed by atoms with Crippen molar-refractivity contribution in [1.29, 1.82) is 0 Å². The Balaban J connectivity index is 1.74. The van der Waals surface area contributed by atoms with Crippen molar-refractivity contribution in [1.82, 2.24) is 9.88 Å². The fourth-order valence-electron chi connectivity index (χ4n) is 3.39. The van der Waals surface area contributed by atoms with Gasteiger partial charge < -0.3 is 14.3 Å². The van der Waals surface area contributed by atoms with Gasteiger partial charge in [0.2, 0.25) is 0 Å². The molecule has 2 atom stereocenters. The molecule has 3 rings (SSSR count). The van der Waals surface area contributed by atoms with Gasteiger partial charge in [-0.15, -0.1) is 0 Å². The number of rotatable bonds is 5. The molecule has 0 spiro atoms. The molecule has 2 aromatic heterocycles. The van der Waals surface area contributed by atoms with Crippen molar-refractivity contribution in [2.45, 2.75) is 46.6 Å². The number of furan rings is 1. The van der Waals surface area contributed by atoms with E-state index in [9.17, 15) is 9.59 Å². The minimum absolute atomic E-state index is 0.0304. The third kappa shape index (κ3) is 2.90. The fourth-order valence-corrected chi connectivity index (χ4v) is 3.39. The van der Waals surface area contributed by atoms with Gasteiger partial charge in [0.15, 0.2) is 5.78 Å². The summed E-state index contributed by atoms with van der Waals surface area (Å²) in [6.07, 6.45) is 1.18. The zero-order valence-corrected chi connectivity index (χ0v) is 14.9. The molecule has 0 unspecified atom stereocenters. The van der Waals surface area contributed by atoms with Gasteiger partial charge >= 0.3 is 0 Å². The van der Waals surface area contributed by atoms with Gasteiger partial charge in [0.1, 0.15) is 17.2 Å². The van der Waals surface area contributed by atoms with Crippen LogP contribution in [-0.4, -0.2) is 28.6 Å². The van der Waals surface area contributed by atoms with Crippen LogP contribution in [0.15, 0.2) is 16.5 Å².